The van der Waals surface area contributed by atoms with Crippen LogP contribution in [0.25, 0.3) is 10.9 Å². The van der Waals surface area contributed by atoms with Crippen molar-refractivity contribution in [3.05, 3.63) is 58.9 Å². The summed E-state index contributed by atoms with van der Waals surface area (Å²) < 4.78 is 2.04. The van der Waals surface area contributed by atoms with E-state index in [2.05, 4.69) is 6.58 Å². The molecule has 2 rings (SSSR count). The highest BCUT2D eigenvalue weighted by Gasteiger charge is 2.03. The van der Waals surface area contributed by atoms with Crippen LogP contribution in [0, 0.1) is 6.92 Å². The molecule has 0 saturated heterocycles. The Labute approximate surface area is 88.5 Å². The number of hydrogen-bond acceptors (Lipinski definition) is 1. The molecule has 76 valence electrons. The van der Waals surface area contributed by atoms with Gasteiger partial charge in [-0.2, -0.15) is 0 Å². The SMILES string of the molecule is C=CCn1cc(C)c(=O)c2ccccc21. The van der Waals surface area contributed by atoms with Crippen LogP contribution in [0.4, 0.5) is 0 Å². The Bertz CT molecular complexity index is 566. The van der Waals surface area contributed by atoms with Crippen LogP contribution in [-0.4, -0.2) is 4.57 Å². The summed E-state index contributed by atoms with van der Waals surface area (Å²) in [5.74, 6) is 0. The molecule has 0 aliphatic heterocycles. The fraction of sp³-hybridized carbons (Fsp3) is 0.154. The number of pyridine rings is 1. The monoisotopic (exact) mass is 199 g/mol. The van der Waals surface area contributed by atoms with Crippen molar-refractivity contribution in [3.8, 4) is 0 Å². The molecule has 2 nitrogen and oxygen atoms in total. The maximum atomic E-state index is 11.8. The summed E-state index contributed by atoms with van der Waals surface area (Å²) in [6, 6.07) is 7.65. The molecule has 2 heteroatoms. The first-order valence-electron chi connectivity index (χ1n) is 4.93. The molecule has 15 heavy (non-hydrogen) atoms. The van der Waals surface area contributed by atoms with E-state index >= 15 is 0 Å². The fourth-order valence-electron chi connectivity index (χ4n) is 1.78. The standard InChI is InChI=1S/C13H13NO/c1-3-8-14-9-10(2)13(15)11-6-4-5-7-12(11)14/h3-7,9H,1,8H2,2H3. The first kappa shape index (κ1) is 9.71. The van der Waals surface area contributed by atoms with Gasteiger partial charge >= 0.3 is 0 Å². The highest BCUT2D eigenvalue weighted by molar-refractivity contribution is 5.79. The molecule has 0 unspecified atom stereocenters. The maximum Gasteiger partial charge on any atom is 0.192 e. The summed E-state index contributed by atoms with van der Waals surface area (Å²) in [5.41, 5.74) is 1.86. The van der Waals surface area contributed by atoms with Gasteiger partial charge in [0.15, 0.2) is 5.43 Å². The molecule has 0 spiro atoms. The smallest absolute Gasteiger partial charge is 0.192 e. The van der Waals surface area contributed by atoms with E-state index in [0.29, 0.717) is 0 Å². The predicted octanol–water partition coefficient (Wildman–Crippen LogP) is 2.50. The van der Waals surface area contributed by atoms with E-state index in [9.17, 15) is 4.79 Å². The third kappa shape index (κ3) is 1.59. The largest absolute Gasteiger partial charge is 0.343 e. The van der Waals surface area contributed by atoms with Crippen LogP contribution < -0.4 is 5.43 Å². The van der Waals surface area contributed by atoms with Crippen LogP contribution in [0.15, 0.2) is 47.9 Å². The molecule has 2 aromatic rings. The Morgan fingerprint density at radius 2 is 2.13 bits per heavy atom. The van der Waals surface area contributed by atoms with E-state index in [1.54, 1.807) is 0 Å². The second-order valence-electron chi connectivity index (χ2n) is 3.60. The van der Waals surface area contributed by atoms with Crippen molar-refractivity contribution < 1.29 is 0 Å². The van der Waals surface area contributed by atoms with Crippen molar-refractivity contribution in [2.45, 2.75) is 13.5 Å². The Morgan fingerprint density at radius 3 is 2.87 bits per heavy atom. The number of para-hydroxylation sites is 1. The van der Waals surface area contributed by atoms with Crippen LogP contribution >= 0.6 is 0 Å². The Hall–Kier alpha value is -1.83. The van der Waals surface area contributed by atoms with E-state index in [0.717, 1.165) is 23.0 Å². The number of benzene rings is 1. The summed E-state index contributed by atoms with van der Waals surface area (Å²) in [5, 5.41) is 0.777. The molecular weight excluding hydrogens is 186 g/mol. The molecule has 0 bridgehead atoms. The van der Waals surface area contributed by atoms with E-state index in [1.165, 1.54) is 0 Å². The average Bonchev–Trinajstić information content (AvgIpc) is 2.26. The van der Waals surface area contributed by atoms with Gasteiger partial charge in [0, 0.05) is 23.7 Å². The molecule has 0 aliphatic rings. The highest BCUT2D eigenvalue weighted by Crippen LogP contribution is 2.11. The number of nitrogens with zero attached hydrogens (tertiary/aromatic N) is 1. The lowest BCUT2D eigenvalue weighted by Crippen LogP contribution is -2.11. The number of hydrogen-bond donors (Lipinski definition) is 0. The molecule has 0 fully saturated rings. The number of aryl methyl sites for hydroxylation is 1. The zero-order chi connectivity index (χ0) is 10.8. The second-order valence-corrected chi connectivity index (χ2v) is 3.60. The van der Waals surface area contributed by atoms with E-state index in [4.69, 9.17) is 0 Å². The molecule has 1 aromatic carbocycles. The maximum absolute atomic E-state index is 11.8. The van der Waals surface area contributed by atoms with Crippen LogP contribution in [0.1, 0.15) is 5.56 Å². The van der Waals surface area contributed by atoms with Crippen LogP contribution in [-0.2, 0) is 6.54 Å². The summed E-state index contributed by atoms with van der Waals surface area (Å²) in [6.07, 6.45) is 3.71. The van der Waals surface area contributed by atoms with E-state index in [-0.39, 0.29) is 5.43 Å². The van der Waals surface area contributed by atoms with Gasteiger partial charge in [0.05, 0.1) is 5.52 Å². The van der Waals surface area contributed by atoms with Crippen molar-refractivity contribution in [1.82, 2.24) is 4.57 Å². The molecule has 0 aliphatic carbocycles. The minimum atomic E-state index is 0.117. The van der Waals surface area contributed by atoms with Crippen molar-refractivity contribution in [3.63, 3.8) is 0 Å². The van der Waals surface area contributed by atoms with Crippen molar-refractivity contribution >= 4 is 10.9 Å². The zero-order valence-corrected chi connectivity index (χ0v) is 8.73. The summed E-state index contributed by atoms with van der Waals surface area (Å²) >= 11 is 0. The van der Waals surface area contributed by atoms with Crippen LogP contribution in [0.3, 0.4) is 0 Å². The van der Waals surface area contributed by atoms with Crippen molar-refractivity contribution in [1.29, 1.82) is 0 Å². The summed E-state index contributed by atoms with van der Waals surface area (Å²) in [4.78, 5) is 11.8. The quantitative estimate of drug-likeness (QED) is 0.681. The Kier molecular flexibility index (Phi) is 2.42. The molecule has 0 saturated carbocycles. The third-order valence-electron chi connectivity index (χ3n) is 2.49. The van der Waals surface area contributed by atoms with Crippen LogP contribution in [0.5, 0.6) is 0 Å². The predicted molar refractivity (Wildman–Crippen MR) is 63.1 cm³/mol. The molecule has 0 radical (unpaired) electrons. The second kappa shape index (κ2) is 3.73. The lowest BCUT2D eigenvalue weighted by atomic mass is 10.1. The molecule has 0 atom stereocenters. The summed E-state index contributed by atoms with van der Waals surface area (Å²) in [6.45, 7) is 6.28. The molecule has 0 N–H and O–H groups in total. The van der Waals surface area contributed by atoms with Crippen molar-refractivity contribution in [2.24, 2.45) is 0 Å². The minimum absolute atomic E-state index is 0.117. The number of aromatic nitrogens is 1. The molecular formula is C13H13NO. The lowest BCUT2D eigenvalue weighted by Gasteiger charge is -2.09. The highest BCUT2D eigenvalue weighted by atomic mass is 16.1. The normalized spacial score (nSPS) is 10.5. The Morgan fingerprint density at radius 1 is 1.40 bits per heavy atom. The van der Waals surface area contributed by atoms with Gasteiger partial charge in [-0.05, 0) is 19.1 Å². The average molecular weight is 199 g/mol. The van der Waals surface area contributed by atoms with Gasteiger partial charge in [0.25, 0.3) is 0 Å². The van der Waals surface area contributed by atoms with E-state index in [1.807, 2.05) is 48.0 Å². The lowest BCUT2D eigenvalue weighted by molar-refractivity contribution is 0.845. The fourth-order valence-corrected chi connectivity index (χ4v) is 1.78. The van der Waals surface area contributed by atoms with E-state index < -0.39 is 0 Å². The summed E-state index contributed by atoms with van der Waals surface area (Å²) in [7, 11) is 0. The minimum Gasteiger partial charge on any atom is -0.343 e. The first-order chi connectivity index (χ1) is 7.24. The topological polar surface area (TPSA) is 22.0 Å². The van der Waals surface area contributed by atoms with Gasteiger partial charge in [0.1, 0.15) is 0 Å². The third-order valence-corrected chi connectivity index (χ3v) is 2.49. The van der Waals surface area contributed by atoms with Gasteiger partial charge in [-0.3, -0.25) is 4.79 Å². The zero-order valence-electron chi connectivity index (χ0n) is 8.73. The molecule has 1 aromatic heterocycles. The van der Waals surface area contributed by atoms with Gasteiger partial charge in [0.2, 0.25) is 0 Å². The van der Waals surface area contributed by atoms with Gasteiger partial charge in [-0.25, -0.2) is 0 Å². The number of allylic oxidation sites excluding steroid dienone is 1. The Balaban J connectivity index is 2.87. The number of rotatable bonds is 2. The first-order valence-corrected chi connectivity index (χ1v) is 4.93. The van der Waals surface area contributed by atoms with Gasteiger partial charge in [-0.15, -0.1) is 6.58 Å². The molecule has 0 amide bonds. The van der Waals surface area contributed by atoms with Gasteiger partial charge in [-0.1, -0.05) is 18.2 Å². The molecule has 1 heterocycles. The number of fused-ring (bicyclic) bond motifs is 1. The van der Waals surface area contributed by atoms with Crippen LogP contribution in [0.2, 0.25) is 0 Å². The van der Waals surface area contributed by atoms with Crippen molar-refractivity contribution in [2.75, 3.05) is 0 Å². The van der Waals surface area contributed by atoms with Gasteiger partial charge < -0.3 is 4.57 Å².